The number of rotatable bonds is 3. The van der Waals surface area contributed by atoms with Crippen molar-refractivity contribution in [2.24, 2.45) is 5.10 Å². The summed E-state index contributed by atoms with van der Waals surface area (Å²) in [4.78, 5) is 5.74. The first-order chi connectivity index (χ1) is 9.74. The first-order valence-corrected chi connectivity index (χ1v) is 7.32. The lowest BCUT2D eigenvalue weighted by atomic mass is 10.1. The molecule has 0 aliphatic heterocycles. The van der Waals surface area contributed by atoms with E-state index < -0.39 is 0 Å². The molecule has 1 aromatic carbocycles. The minimum atomic E-state index is 0.775. The molecule has 0 saturated heterocycles. The van der Waals surface area contributed by atoms with E-state index >= 15 is 0 Å². The van der Waals surface area contributed by atoms with Crippen LogP contribution >= 0.6 is 11.3 Å². The lowest BCUT2D eigenvalue weighted by Crippen LogP contribution is -1.99. The molecule has 0 fully saturated rings. The third kappa shape index (κ3) is 2.56. The molecule has 2 aromatic heterocycles. The molecule has 2 heterocycles. The Morgan fingerprint density at radius 2 is 2.05 bits per heavy atom. The summed E-state index contributed by atoms with van der Waals surface area (Å²) in [6.07, 6.45) is 0. The van der Waals surface area contributed by atoms with Crippen LogP contribution in [0.3, 0.4) is 0 Å². The Kier molecular flexibility index (Phi) is 3.48. The van der Waals surface area contributed by atoms with Crippen LogP contribution in [0.25, 0.3) is 10.9 Å². The van der Waals surface area contributed by atoms with E-state index in [1.54, 1.807) is 11.3 Å². The largest absolute Gasteiger partial charge is 0.261 e. The van der Waals surface area contributed by atoms with E-state index in [4.69, 9.17) is 0 Å². The second-order valence-corrected chi connectivity index (χ2v) is 5.58. The Morgan fingerprint density at radius 3 is 2.85 bits per heavy atom. The van der Waals surface area contributed by atoms with Crippen molar-refractivity contribution in [3.8, 4) is 0 Å². The van der Waals surface area contributed by atoms with Crippen molar-refractivity contribution in [3.05, 3.63) is 58.3 Å². The van der Waals surface area contributed by atoms with Gasteiger partial charge in [-0.3, -0.25) is 5.43 Å². The molecule has 20 heavy (non-hydrogen) atoms. The number of hydrazone groups is 1. The van der Waals surface area contributed by atoms with Gasteiger partial charge in [0.2, 0.25) is 0 Å². The fourth-order valence-electron chi connectivity index (χ4n) is 2.09. The highest BCUT2D eigenvalue weighted by molar-refractivity contribution is 7.12. The van der Waals surface area contributed by atoms with E-state index in [1.807, 2.05) is 42.6 Å². The summed E-state index contributed by atoms with van der Waals surface area (Å²) in [6.45, 7) is 4.08. The predicted octanol–water partition coefficient (Wildman–Crippen LogP) is 4.44. The number of benzene rings is 1. The first-order valence-electron chi connectivity index (χ1n) is 6.44. The fraction of sp³-hybridized carbons (Fsp3) is 0.125. The molecule has 0 aliphatic carbocycles. The van der Waals surface area contributed by atoms with Gasteiger partial charge in [-0.05, 0) is 43.0 Å². The van der Waals surface area contributed by atoms with Crippen molar-refractivity contribution in [2.75, 3.05) is 5.43 Å². The van der Waals surface area contributed by atoms with Crippen LogP contribution in [0.4, 0.5) is 5.82 Å². The zero-order valence-corrected chi connectivity index (χ0v) is 12.2. The van der Waals surface area contributed by atoms with Gasteiger partial charge in [-0.15, -0.1) is 11.3 Å². The molecule has 3 aromatic rings. The summed E-state index contributed by atoms with van der Waals surface area (Å²) in [6, 6.07) is 14.2. The molecule has 3 rings (SSSR count). The monoisotopic (exact) mass is 281 g/mol. The van der Waals surface area contributed by atoms with Crippen LogP contribution in [-0.2, 0) is 0 Å². The molecule has 0 unspecified atom stereocenters. The molecule has 1 N–H and O–H groups in total. The van der Waals surface area contributed by atoms with Crippen molar-refractivity contribution in [1.82, 2.24) is 4.98 Å². The predicted molar refractivity (Wildman–Crippen MR) is 86.6 cm³/mol. The number of aromatic nitrogens is 1. The molecule has 3 nitrogen and oxygen atoms in total. The molecule has 4 heteroatoms. The van der Waals surface area contributed by atoms with Gasteiger partial charge in [0.05, 0.1) is 11.2 Å². The SMILES string of the molecule is CC(=NNc1cc(C)c2ccccc2n1)c1cccs1. The molecule has 0 amide bonds. The molecule has 0 atom stereocenters. The van der Waals surface area contributed by atoms with Crippen molar-refractivity contribution in [3.63, 3.8) is 0 Å². The van der Waals surface area contributed by atoms with Crippen molar-refractivity contribution in [1.29, 1.82) is 0 Å². The topological polar surface area (TPSA) is 37.3 Å². The van der Waals surface area contributed by atoms with Gasteiger partial charge in [0.25, 0.3) is 0 Å². The maximum absolute atomic E-state index is 4.57. The summed E-state index contributed by atoms with van der Waals surface area (Å²) < 4.78 is 0. The average Bonchev–Trinajstić information content (AvgIpc) is 2.99. The van der Waals surface area contributed by atoms with Crippen LogP contribution in [0, 0.1) is 6.92 Å². The second kappa shape index (κ2) is 5.43. The normalized spacial score (nSPS) is 11.8. The number of para-hydroxylation sites is 1. The average molecular weight is 281 g/mol. The summed E-state index contributed by atoms with van der Waals surface area (Å²) in [5, 5.41) is 7.63. The highest BCUT2D eigenvalue weighted by Gasteiger charge is 2.02. The third-order valence-corrected chi connectivity index (χ3v) is 4.12. The van der Waals surface area contributed by atoms with E-state index in [9.17, 15) is 0 Å². The number of hydrogen-bond donors (Lipinski definition) is 1. The first kappa shape index (κ1) is 12.8. The van der Waals surface area contributed by atoms with E-state index in [0.717, 1.165) is 21.9 Å². The van der Waals surface area contributed by atoms with Crippen LogP contribution in [0.1, 0.15) is 17.4 Å². The summed E-state index contributed by atoms with van der Waals surface area (Å²) in [5.41, 5.74) is 6.20. The molecule has 0 radical (unpaired) electrons. The maximum Gasteiger partial charge on any atom is 0.147 e. The molecule has 100 valence electrons. The molecule has 0 saturated carbocycles. The third-order valence-electron chi connectivity index (χ3n) is 3.14. The number of nitrogens with one attached hydrogen (secondary N) is 1. The van der Waals surface area contributed by atoms with Gasteiger partial charge in [-0.1, -0.05) is 24.3 Å². The van der Waals surface area contributed by atoms with Crippen LogP contribution in [-0.4, -0.2) is 10.7 Å². The molecule has 0 bridgehead atoms. The van der Waals surface area contributed by atoms with E-state index in [0.29, 0.717) is 0 Å². The van der Waals surface area contributed by atoms with Gasteiger partial charge in [-0.25, -0.2) is 4.98 Å². The van der Waals surface area contributed by atoms with Gasteiger partial charge in [0, 0.05) is 10.3 Å². The minimum Gasteiger partial charge on any atom is -0.261 e. The van der Waals surface area contributed by atoms with E-state index in [2.05, 4.69) is 34.6 Å². The summed E-state index contributed by atoms with van der Waals surface area (Å²) in [5.74, 6) is 0.775. The van der Waals surface area contributed by atoms with Gasteiger partial charge < -0.3 is 0 Å². The van der Waals surface area contributed by atoms with Gasteiger partial charge >= 0.3 is 0 Å². The molecular formula is C16H15N3S. The number of anilines is 1. The molecule has 0 aliphatic rings. The Bertz CT molecular complexity index is 760. The van der Waals surface area contributed by atoms with Crippen LogP contribution in [0.15, 0.2) is 52.9 Å². The van der Waals surface area contributed by atoms with Crippen molar-refractivity contribution in [2.45, 2.75) is 13.8 Å². The zero-order valence-electron chi connectivity index (χ0n) is 11.4. The van der Waals surface area contributed by atoms with Gasteiger partial charge in [0.15, 0.2) is 0 Å². The number of fused-ring (bicyclic) bond motifs is 1. The number of hydrogen-bond acceptors (Lipinski definition) is 4. The Balaban J connectivity index is 1.90. The van der Waals surface area contributed by atoms with Gasteiger partial charge in [0.1, 0.15) is 5.82 Å². The zero-order chi connectivity index (χ0) is 13.9. The minimum absolute atomic E-state index is 0.775. The van der Waals surface area contributed by atoms with Gasteiger partial charge in [-0.2, -0.15) is 5.10 Å². The summed E-state index contributed by atoms with van der Waals surface area (Å²) >= 11 is 1.68. The fourth-order valence-corrected chi connectivity index (χ4v) is 2.76. The van der Waals surface area contributed by atoms with E-state index in [-0.39, 0.29) is 0 Å². The lowest BCUT2D eigenvalue weighted by molar-refractivity contribution is 1.24. The quantitative estimate of drug-likeness (QED) is 0.569. The number of aryl methyl sites for hydroxylation is 1. The number of thiophene rings is 1. The smallest absolute Gasteiger partial charge is 0.147 e. The second-order valence-electron chi connectivity index (χ2n) is 4.63. The molecular weight excluding hydrogens is 266 g/mol. The maximum atomic E-state index is 4.57. The van der Waals surface area contributed by atoms with E-state index in [1.165, 1.54) is 10.9 Å². The van der Waals surface area contributed by atoms with Crippen molar-refractivity contribution < 1.29 is 0 Å². The highest BCUT2D eigenvalue weighted by Crippen LogP contribution is 2.20. The summed E-state index contributed by atoms with van der Waals surface area (Å²) in [7, 11) is 0. The number of pyridine rings is 1. The Labute approximate surface area is 122 Å². The Hall–Kier alpha value is -2.20. The van der Waals surface area contributed by atoms with Crippen molar-refractivity contribution >= 4 is 33.8 Å². The standard InChI is InChI=1S/C16H15N3S/c1-11-10-16(17-14-7-4-3-6-13(11)14)19-18-12(2)15-8-5-9-20-15/h3-10H,1-2H3,(H,17,19). The van der Waals surface area contributed by atoms with Crippen LogP contribution in [0.2, 0.25) is 0 Å². The van der Waals surface area contributed by atoms with Crippen LogP contribution < -0.4 is 5.43 Å². The lowest BCUT2D eigenvalue weighted by Gasteiger charge is -2.06. The van der Waals surface area contributed by atoms with Crippen LogP contribution in [0.5, 0.6) is 0 Å². The highest BCUT2D eigenvalue weighted by atomic mass is 32.1. The molecule has 0 spiro atoms. The number of nitrogens with zero attached hydrogens (tertiary/aromatic N) is 2. The Morgan fingerprint density at radius 1 is 1.20 bits per heavy atom.